The van der Waals surface area contributed by atoms with Gasteiger partial charge < -0.3 is 10.5 Å². The van der Waals surface area contributed by atoms with E-state index in [1.807, 2.05) is 13.8 Å². The van der Waals surface area contributed by atoms with E-state index in [9.17, 15) is 8.42 Å². The molecule has 1 atom stereocenters. The maximum Gasteiger partial charge on any atom is 0.282 e. The fraction of sp³-hybridized carbons (Fsp3) is 1.00. The van der Waals surface area contributed by atoms with E-state index in [0.29, 0.717) is 32.7 Å². The van der Waals surface area contributed by atoms with Crippen molar-refractivity contribution in [3.8, 4) is 0 Å². The molecule has 0 aromatic rings. The molecule has 0 spiro atoms. The van der Waals surface area contributed by atoms with Crippen molar-refractivity contribution in [3.63, 3.8) is 0 Å². The lowest BCUT2D eigenvalue weighted by atomic mass is 10.1. The minimum atomic E-state index is -3.34. The second-order valence-electron chi connectivity index (χ2n) is 5.64. The first-order valence-electron chi connectivity index (χ1n) is 6.48. The third kappa shape index (κ3) is 2.85. The Hall–Kier alpha value is -0.210. The Balaban J connectivity index is 2.15. The zero-order chi connectivity index (χ0) is 13.4. The van der Waals surface area contributed by atoms with E-state index in [1.54, 1.807) is 4.31 Å². The van der Waals surface area contributed by atoms with Gasteiger partial charge in [-0.25, -0.2) is 0 Å². The molecule has 0 saturated carbocycles. The molecule has 0 radical (unpaired) electrons. The van der Waals surface area contributed by atoms with Crippen LogP contribution < -0.4 is 5.73 Å². The predicted molar refractivity (Wildman–Crippen MR) is 69.3 cm³/mol. The average Bonchev–Trinajstić information content (AvgIpc) is 2.80. The highest BCUT2D eigenvalue weighted by molar-refractivity contribution is 7.86. The van der Waals surface area contributed by atoms with Crippen molar-refractivity contribution in [1.29, 1.82) is 0 Å². The maximum absolute atomic E-state index is 12.5. The van der Waals surface area contributed by atoms with Gasteiger partial charge in [-0.05, 0) is 26.7 Å². The second kappa shape index (κ2) is 5.05. The van der Waals surface area contributed by atoms with E-state index in [1.165, 1.54) is 4.31 Å². The van der Waals surface area contributed by atoms with Gasteiger partial charge in [0, 0.05) is 32.7 Å². The van der Waals surface area contributed by atoms with Gasteiger partial charge >= 0.3 is 0 Å². The van der Waals surface area contributed by atoms with E-state index in [2.05, 4.69) is 0 Å². The quantitative estimate of drug-likeness (QED) is 0.773. The molecule has 1 unspecified atom stereocenters. The summed E-state index contributed by atoms with van der Waals surface area (Å²) < 4.78 is 33.8. The van der Waals surface area contributed by atoms with Crippen LogP contribution >= 0.6 is 0 Å². The van der Waals surface area contributed by atoms with Crippen molar-refractivity contribution in [3.05, 3.63) is 0 Å². The standard InChI is InChI=1S/C11H23N3O3S/c1-11(2)9-14(8-10(7-12)17-11)18(15,16)13-5-3-4-6-13/h10H,3-9,12H2,1-2H3. The van der Waals surface area contributed by atoms with Crippen LogP contribution in [0.2, 0.25) is 0 Å². The lowest BCUT2D eigenvalue weighted by Gasteiger charge is -2.42. The zero-order valence-electron chi connectivity index (χ0n) is 11.1. The van der Waals surface area contributed by atoms with Gasteiger partial charge in [0.05, 0.1) is 11.7 Å². The molecule has 2 rings (SSSR count). The molecule has 6 nitrogen and oxygen atoms in total. The molecule has 7 heteroatoms. The molecule has 2 aliphatic heterocycles. The molecule has 2 aliphatic rings. The van der Waals surface area contributed by atoms with Gasteiger partial charge in [0.1, 0.15) is 0 Å². The Morgan fingerprint density at radius 1 is 1.28 bits per heavy atom. The van der Waals surface area contributed by atoms with E-state index in [-0.39, 0.29) is 6.10 Å². The summed E-state index contributed by atoms with van der Waals surface area (Å²) in [5.41, 5.74) is 5.15. The molecular weight excluding hydrogens is 254 g/mol. The molecule has 18 heavy (non-hydrogen) atoms. The van der Waals surface area contributed by atoms with Crippen molar-refractivity contribution in [2.24, 2.45) is 5.73 Å². The third-order valence-electron chi connectivity index (χ3n) is 3.43. The monoisotopic (exact) mass is 277 g/mol. The topological polar surface area (TPSA) is 75.9 Å². The van der Waals surface area contributed by atoms with Gasteiger partial charge in [-0.2, -0.15) is 17.0 Å². The van der Waals surface area contributed by atoms with Crippen molar-refractivity contribution >= 4 is 10.2 Å². The van der Waals surface area contributed by atoms with Crippen LogP contribution in [0.15, 0.2) is 0 Å². The molecule has 0 amide bonds. The molecule has 0 bridgehead atoms. The zero-order valence-corrected chi connectivity index (χ0v) is 11.9. The molecule has 2 heterocycles. The summed E-state index contributed by atoms with van der Waals surface area (Å²) in [4.78, 5) is 0. The Morgan fingerprint density at radius 2 is 1.89 bits per heavy atom. The summed E-state index contributed by atoms with van der Waals surface area (Å²) in [6.07, 6.45) is 1.69. The summed E-state index contributed by atoms with van der Waals surface area (Å²) in [6, 6.07) is 0. The van der Waals surface area contributed by atoms with Crippen molar-refractivity contribution in [1.82, 2.24) is 8.61 Å². The van der Waals surface area contributed by atoms with Crippen LogP contribution in [0.5, 0.6) is 0 Å². The lowest BCUT2D eigenvalue weighted by Crippen LogP contribution is -2.58. The first-order chi connectivity index (χ1) is 8.35. The van der Waals surface area contributed by atoms with E-state index in [4.69, 9.17) is 10.5 Å². The highest BCUT2D eigenvalue weighted by Gasteiger charge is 2.41. The summed E-state index contributed by atoms with van der Waals surface area (Å²) in [5.74, 6) is 0. The van der Waals surface area contributed by atoms with Gasteiger partial charge in [-0.1, -0.05) is 0 Å². The smallest absolute Gasteiger partial charge is 0.282 e. The Morgan fingerprint density at radius 3 is 2.44 bits per heavy atom. The maximum atomic E-state index is 12.5. The molecule has 0 aromatic heterocycles. The predicted octanol–water partition coefficient (Wildman–Crippen LogP) is -0.235. The van der Waals surface area contributed by atoms with Gasteiger partial charge in [-0.3, -0.25) is 0 Å². The number of nitrogens with zero attached hydrogens (tertiary/aromatic N) is 2. The molecular formula is C11H23N3O3S. The van der Waals surface area contributed by atoms with Crippen LogP contribution in [0.25, 0.3) is 0 Å². The van der Waals surface area contributed by atoms with Crippen LogP contribution in [0, 0.1) is 0 Å². The van der Waals surface area contributed by atoms with E-state index in [0.717, 1.165) is 12.8 Å². The van der Waals surface area contributed by atoms with Crippen molar-refractivity contribution in [2.75, 3.05) is 32.7 Å². The Bertz CT molecular complexity index is 390. The number of morpholine rings is 1. The van der Waals surface area contributed by atoms with E-state index < -0.39 is 15.8 Å². The summed E-state index contributed by atoms with van der Waals surface area (Å²) >= 11 is 0. The number of ether oxygens (including phenoxy) is 1. The Labute approximate surface area is 109 Å². The van der Waals surface area contributed by atoms with Gasteiger partial charge in [-0.15, -0.1) is 0 Å². The molecule has 2 fully saturated rings. The highest BCUT2D eigenvalue weighted by atomic mass is 32.2. The average molecular weight is 277 g/mol. The number of nitrogens with two attached hydrogens (primary N) is 1. The lowest BCUT2D eigenvalue weighted by molar-refractivity contribution is -0.113. The molecule has 0 aliphatic carbocycles. The first kappa shape index (κ1) is 14.2. The van der Waals surface area contributed by atoms with Crippen LogP contribution in [0.4, 0.5) is 0 Å². The molecule has 2 N–H and O–H groups in total. The van der Waals surface area contributed by atoms with Gasteiger partial charge in [0.15, 0.2) is 0 Å². The van der Waals surface area contributed by atoms with Crippen molar-refractivity contribution < 1.29 is 13.2 Å². The summed E-state index contributed by atoms with van der Waals surface area (Å²) in [6.45, 7) is 6.17. The highest BCUT2D eigenvalue weighted by Crippen LogP contribution is 2.25. The normalized spacial score (nSPS) is 30.7. The van der Waals surface area contributed by atoms with Crippen LogP contribution in [-0.2, 0) is 14.9 Å². The number of hydrogen-bond acceptors (Lipinski definition) is 4. The number of rotatable bonds is 3. The van der Waals surface area contributed by atoms with Crippen LogP contribution in [0.3, 0.4) is 0 Å². The summed E-state index contributed by atoms with van der Waals surface area (Å²) in [7, 11) is -3.34. The molecule has 0 aromatic carbocycles. The van der Waals surface area contributed by atoms with Gasteiger partial charge in [0.2, 0.25) is 0 Å². The van der Waals surface area contributed by atoms with Crippen LogP contribution in [0.1, 0.15) is 26.7 Å². The third-order valence-corrected chi connectivity index (χ3v) is 5.38. The molecule has 2 saturated heterocycles. The minimum Gasteiger partial charge on any atom is -0.368 e. The van der Waals surface area contributed by atoms with Gasteiger partial charge in [0.25, 0.3) is 10.2 Å². The fourth-order valence-corrected chi connectivity index (χ4v) is 4.50. The SMILES string of the molecule is CC1(C)CN(S(=O)(=O)N2CCCC2)CC(CN)O1. The Kier molecular flexibility index (Phi) is 3.99. The fourth-order valence-electron chi connectivity index (χ4n) is 2.62. The summed E-state index contributed by atoms with van der Waals surface area (Å²) in [5, 5.41) is 0. The molecule has 106 valence electrons. The minimum absolute atomic E-state index is 0.217. The largest absolute Gasteiger partial charge is 0.368 e. The first-order valence-corrected chi connectivity index (χ1v) is 7.88. The second-order valence-corrected chi connectivity index (χ2v) is 7.57. The number of hydrogen-bond donors (Lipinski definition) is 1. The van der Waals surface area contributed by atoms with E-state index >= 15 is 0 Å². The van der Waals surface area contributed by atoms with Crippen LogP contribution in [-0.4, -0.2) is 61.5 Å². The van der Waals surface area contributed by atoms with Crippen molar-refractivity contribution in [2.45, 2.75) is 38.4 Å².